The number of aliphatic hydroxyl groups is 1. The Labute approximate surface area is 148 Å². The van der Waals surface area contributed by atoms with Crippen molar-refractivity contribution in [1.29, 1.82) is 0 Å². The Morgan fingerprint density at radius 3 is 2.64 bits per heavy atom. The summed E-state index contributed by atoms with van der Waals surface area (Å²) in [6.07, 6.45) is 3.03. The van der Waals surface area contributed by atoms with Crippen molar-refractivity contribution in [3.63, 3.8) is 0 Å². The van der Waals surface area contributed by atoms with Crippen molar-refractivity contribution >= 4 is 5.91 Å². The summed E-state index contributed by atoms with van der Waals surface area (Å²) < 4.78 is 7.33. The van der Waals surface area contributed by atoms with Gasteiger partial charge in [0.1, 0.15) is 0 Å². The molecule has 0 bridgehead atoms. The first-order valence-electron chi connectivity index (χ1n) is 8.73. The minimum Gasteiger partial charge on any atom is -0.394 e. The molecule has 0 radical (unpaired) electrons. The van der Waals surface area contributed by atoms with Gasteiger partial charge in [0, 0.05) is 38.0 Å². The molecule has 6 nitrogen and oxygen atoms in total. The lowest BCUT2D eigenvalue weighted by molar-refractivity contribution is -0.143. The summed E-state index contributed by atoms with van der Waals surface area (Å²) in [7, 11) is 1.58. The zero-order valence-electron chi connectivity index (χ0n) is 14.5. The van der Waals surface area contributed by atoms with E-state index in [4.69, 9.17) is 9.84 Å². The van der Waals surface area contributed by atoms with Gasteiger partial charge in [-0.3, -0.25) is 9.48 Å². The zero-order valence-corrected chi connectivity index (χ0v) is 14.5. The molecular weight excluding hydrogens is 318 g/mol. The number of likely N-dealkylation sites (tertiary alicyclic amines) is 1. The van der Waals surface area contributed by atoms with Crippen LogP contribution in [0.5, 0.6) is 0 Å². The van der Waals surface area contributed by atoms with Gasteiger partial charge in [-0.25, -0.2) is 0 Å². The van der Waals surface area contributed by atoms with E-state index in [0.29, 0.717) is 25.6 Å². The van der Waals surface area contributed by atoms with Crippen molar-refractivity contribution in [2.45, 2.75) is 31.4 Å². The van der Waals surface area contributed by atoms with Crippen LogP contribution in [0.1, 0.15) is 36.1 Å². The van der Waals surface area contributed by atoms with Crippen LogP contribution in [0.2, 0.25) is 0 Å². The first-order valence-corrected chi connectivity index (χ1v) is 8.73. The van der Waals surface area contributed by atoms with Gasteiger partial charge in [-0.15, -0.1) is 0 Å². The Hall–Kier alpha value is -2.18. The largest absolute Gasteiger partial charge is 0.394 e. The van der Waals surface area contributed by atoms with Gasteiger partial charge in [0.05, 0.1) is 13.2 Å². The highest BCUT2D eigenvalue weighted by Crippen LogP contribution is 2.30. The van der Waals surface area contributed by atoms with Crippen LogP contribution in [-0.4, -0.2) is 52.5 Å². The number of amides is 1. The predicted molar refractivity (Wildman–Crippen MR) is 94.1 cm³/mol. The van der Waals surface area contributed by atoms with Crippen LogP contribution in [0.15, 0.2) is 42.6 Å². The quantitative estimate of drug-likeness (QED) is 0.871. The summed E-state index contributed by atoms with van der Waals surface area (Å²) in [6.45, 7) is 2.01. The summed E-state index contributed by atoms with van der Waals surface area (Å²) in [5.74, 6) is 0.395. The molecule has 1 saturated heterocycles. The lowest BCUT2D eigenvalue weighted by Crippen LogP contribution is -2.41. The third-order valence-corrected chi connectivity index (χ3v) is 4.85. The Balaban J connectivity index is 1.63. The van der Waals surface area contributed by atoms with Crippen molar-refractivity contribution in [3.8, 4) is 0 Å². The van der Waals surface area contributed by atoms with E-state index in [1.54, 1.807) is 13.3 Å². The molecule has 0 unspecified atom stereocenters. The standard InChI is InChI=1S/C19H25N3O3/c1-25-18(16-5-3-2-4-6-16)19(24)21-11-8-15(9-12-21)17-7-10-20-22(17)13-14-23/h2-7,10,15,18,23H,8-9,11-14H2,1H3/t18-/m1/s1. The summed E-state index contributed by atoms with van der Waals surface area (Å²) >= 11 is 0. The second-order valence-electron chi connectivity index (χ2n) is 6.33. The number of ether oxygens (including phenoxy) is 1. The Kier molecular flexibility index (Phi) is 5.83. The summed E-state index contributed by atoms with van der Waals surface area (Å²) in [4.78, 5) is 14.7. The number of piperidine rings is 1. The molecule has 1 atom stereocenters. The third kappa shape index (κ3) is 3.91. The number of aromatic nitrogens is 2. The van der Waals surface area contributed by atoms with Crippen LogP contribution in [0, 0.1) is 0 Å². The molecule has 1 aromatic carbocycles. The number of carbonyl (C=O) groups is 1. The van der Waals surface area contributed by atoms with Crippen molar-refractivity contribution in [2.75, 3.05) is 26.8 Å². The highest BCUT2D eigenvalue weighted by Gasteiger charge is 2.30. The minimum absolute atomic E-state index is 0.0241. The molecule has 25 heavy (non-hydrogen) atoms. The van der Waals surface area contributed by atoms with Gasteiger partial charge in [0.25, 0.3) is 5.91 Å². The van der Waals surface area contributed by atoms with Crippen LogP contribution in [-0.2, 0) is 16.1 Å². The number of carbonyl (C=O) groups excluding carboxylic acids is 1. The van der Waals surface area contributed by atoms with Gasteiger partial charge >= 0.3 is 0 Å². The number of nitrogens with zero attached hydrogens (tertiary/aromatic N) is 3. The maximum absolute atomic E-state index is 12.8. The molecule has 1 aliphatic rings. The minimum atomic E-state index is -0.544. The van der Waals surface area contributed by atoms with Gasteiger partial charge < -0.3 is 14.7 Å². The second kappa shape index (κ2) is 8.27. The summed E-state index contributed by atoms with van der Waals surface area (Å²) in [5, 5.41) is 13.4. The fourth-order valence-corrected chi connectivity index (χ4v) is 3.54. The third-order valence-electron chi connectivity index (χ3n) is 4.85. The number of hydrogen-bond donors (Lipinski definition) is 1. The molecule has 0 aliphatic carbocycles. The van der Waals surface area contributed by atoms with Crippen molar-refractivity contribution in [2.24, 2.45) is 0 Å². The highest BCUT2D eigenvalue weighted by molar-refractivity contribution is 5.82. The second-order valence-corrected chi connectivity index (χ2v) is 6.33. The van der Waals surface area contributed by atoms with E-state index >= 15 is 0 Å². The first kappa shape index (κ1) is 17.6. The zero-order chi connectivity index (χ0) is 17.6. The lowest BCUT2D eigenvalue weighted by Gasteiger charge is -2.34. The average molecular weight is 343 g/mol. The number of methoxy groups -OCH3 is 1. The summed E-state index contributed by atoms with van der Waals surface area (Å²) in [5.41, 5.74) is 2.03. The fraction of sp³-hybridized carbons (Fsp3) is 0.474. The smallest absolute Gasteiger partial charge is 0.256 e. The molecule has 2 heterocycles. The fourth-order valence-electron chi connectivity index (χ4n) is 3.54. The maximum Gasteiger partial charge on any atom is 0.256 e. The Morgan fingerprint density at radius 1 is 1.28 bits per heavy atom. The van der Waals surface area contributed by atoms with E-state index in [9.17, 15) is 4.79 Å². The molecule has 0 spiro atoms. The van der Waals surface area contributed by atoms with Crippen LogP contribution < -0.4 is 0 Å². The molecule has 1 aromatic heterocycles. The van der Waals surface area contributed by atoms with Crippen molar-refractivity contribution < 1.29 is 14.6 Å². The molecule has 6 heteroatoms. The van der Waals surface area contributed by atoms with Crippen LogP contribution in [0.25, 0.3) is 0 Å². The molecule has 1 fully saturated rings. The normalized spacial score (nSPS) is 16.8. The molecule has 134 valence electrons. The maximum atomic E-state index is 12.8. The first-order chi connectivity index (χ1) is 12.2. The van der Waals surface area contributed by atoms with E-state index < -0.39 is 6.10 Å². The van der Waals surface area contributed by atoms with Gasteiger partial charge in [-0.2, -0.15) is 5.10 Å². The monoisotopic (exact) mass is 343 g/mol. The number of hydrogen-bond acceptors (Lipinski definition) is 4. The topological polar surface area (TPSA) is 67.6 Å². The molecule has 0 saturated carbocycles. The van der Waals surface area contributed by atoms with Crippen molar-refractivity contribution in [1.82, 2.24) is 14.7 Å². The molecule has 3 rings (SSSR count). The van der Waals surface area contributed by atoms with Gasteiger partial charge in [0.15, 0.2) is 6.10 Å². The Bertz CT molecular complexity index is 678. The van der Waals surface area contributed by atoms with E-state index in [1.165, 1.54) is 0 Å². The van der Waals surface area contributed by atoms with Gasteiger partial charge in [0.2, 0.25) is 0 Å². The summed E-state index contributed by atoms with van der Waals surface area (Å²) in [6, 6.07) is 11.6. The van der Waals surface area contributed by atoms with Crippen LogP contribution in [0.4, 0.5) is 0 Å². The van der Waals surface area contributed by atoms with Crippen LogP contribution in [0.3, 0.4) is 0 Å². The molecular formula is C19H25N3O3. The Morgan fingerprint density at radius 2 is 2.00 bits per heavy atom. The van der Waals surface area contributed by atoms with E-state index in [0.717, 1.165) is 24.1 Å². The van der Waals surface area contributed by atoms with Gasteiger partial charge in [-0.05, 0) is 24.5 Å². The van der Waals surface area contributed by atoms with Gasteiger partial charge in [-0.1, -0.05) is 30.3 Å². The van der Waals surface area contributed by atoms with E-state index in [-0.39, 0.29) is 12.5 Å². The number of aliphatic hydroxyl groups excluding tert-OH is 1. The number of benzene rings is 1. The predicted octanol–water partition coefficient (Wildman–Crippen LogP) is 1.97. The van der Waals surface area contributed by atoms with Crippen LogP contribution >= 0.6 is 0 Å². The highest BCUT2D eigenvalue weighted by atomic mass is 16.5. The number of rotatable bonds is 6. The molecule has 1 aliphatic heterocycles. The molecule has 2 aromatic rings. The lowest BCUT2D eigenvalue weighted by atomic mass is 9.93. The average Bonchev–Trinajstić information content (AvgIpc) is 3.12. The molecule has 1 amide bonds. The van der Waals surface area contributed by atoms with E-state index in [2.05, 4.69) is 5.10 Å². The molecule has 1 N–H and O–H groups in total. The van der Waals surface area contributed by atoms with E-state index in [1.807, 2.05) is 46.0 Å². The SMILES string of the molecule is CO[C@@H](C(=O)N1CCC(c2ccnn2CCO)CC1)c1ccccc1. The van der Waals surface area contributed by atoms with Crippen molar-refractivity contribution in [3.05, 3.63) is 53.9 Å².